The predicted molar refractivity (Wildman–Crippen MR) is 81.1 cm³/mol. The fourth-order valence-electron chi connectivity index (χ4n) is 2.73. The average molecular weight is 298 g/mol. The lowest BCUT2D eigenvalue weighted by molar-refractivity contribution is 0.416. The molecule has 4 rings (SSSR count). The number of hydrogen-bond acceptors (Lipinski definition) is 4. The number of nitrogens with two attached hydrogens (primary N) is 1. The van der Waals surface area contributed by atoms with Crippen LogP contribution in [-0.2, 0) is 6.42 Å². The fourth-order valence-corrected chi connectivity index (χ4v) is 3.00. The minimum absolute atomic E-state index is 0.197. The molecular formula is C16H12ClN3O. The monoisotopic (exact) mass is 297 g/mol. The van der Waals surface area contributed by atoms with Crippen LogP contribution in [0.1, 0.15) is 22.9 Å². The van der Waals surface area contributed by atoms with Crippen molar-refractivity contribution in [2.45, 2.75) is 12.3 Å². The van der Waals surface area contributed by atoms with E-state index in [4.69, 9.17) is 21.9 Å². The second-order valence-corrected chi connectivity index (χ2v) is 5.52. The van der Waals surface area contributed by atoms with Gasteiger partial charge in [0.1, 0.15) is 0 Å². The Bertz CT molecular complexity index is 808. The van der Waals surface area contributed by atoms with E-state index in [0.717, 1.165) is 6.42 Å². The van der Waals surface area contributed by atoms with Crippen LogP contribution in [0, 0.1) is 0 Å². The molecule has 1 atom stereocenters. The van der Waals surface area contributed by atoms with E-state index >= 15 is 0 Å². The Labute approximate surface area is 126 Å². The van der Waals surface area contributed by atoms with Crippen molar-refractivity contribution in [3.63, 3.8) is 0 Å². The molecule has 104 valence electrons. The Hall–Kier alpha value is -2.33. The Morgan fingerprint density at radius 3 is 2.81 bits per heavy atom. The molecule has 2 N–H and O–H groups in total. The summed E-state index contributed by atoms with van der Waals surface area (Å²) < 4.78 is 5.36. The van der Waals surface area contributed by atoms with Gasteiger partial charge in [0.15, 0.2) is 5.82 Å². The maximum atomic E-state index is 6.17. The molecule has 0 saturated heterocycles. The summed E-state index contributed by atoms with van der Waals surface area (Å²) in [5.74, 6) is 1.25. The second kappa shape index (κ2) is 4.60. The molecule has 4 nitrogen and oxygen atoms in total. The van der Waals surface area contributed by atoms with Crippen molar-refractivity contribution < 1.29 is 4.52 Å². The minimum Gasteiger partial charge on any atom is -0.398 e. The van der Waals surface area contributed by atoms with Crippen LogP contribution in [0.15, 0.2) is 47.0 Å². The summed E-state index contributed by atoms with van der Waals surface area (Å²) in [4.78, 5) is 4.48. The summed E-state index contributed by atoms with van der Waals surface area (Å²) in [6, 6.07) is 13.6. The number of halogens is 1. The maximum Gasteiger partial charge on any atom is 0.261 e. The third-order valence-electron chi connectivity index (χ3n) is 3.87. The molecule has 0 saturated carbocycles. The Morgan fingerprint density at radius 1 is 1.14 bits per heavy atom. The Kier molecular flexibility index (Phi) is 2.72. The van der Waals surface area contributed by atoms with E-state index in [1.807, 2.05) is 12.1 Å². The quantitative estimate of drug-likeness (QED) is 0.733. The average Bonchev–Trinajstić information content (AvgIpc) is 2.89. The van der Waals surface area contributed by atoms with E-state index in [1.165, 1.54) is 11.1 Å². The van der Waals surface area contributed by atoms with Gasteiger partial charge in [-0.1, -0.05) is 47.1 Å². The molecule has 1 aliphatic carbocycles. The van der Waals surface area contributed by atoms with E-state index in [0.29, 0.717) is 28.0 Å². The lowest BCUT2D eigenvalue weighted by atomic mass is 9.77. The van der Waals surface area contributed by atoms with Crippen molar-refractivity contribution in [2.75, 3.05) is 5.73 Å². The summed E-state index contributed by atoms with van der Waals surface area (Å²) in [5.41, 5.74) is 9.69. The van der Waals surface area contributed by atoms with Gasteiger partial charge in [-0.3, -0.25) is 0 Å². The first-order valence-electron chi connectivity index (χ1n) is 6.70. The lowest BCUT2D eigenvalue weighted by Gasteiger charge is -2.27. The van der Waals surface area contributed by atoms with E-state index in [9.17, 15) is 0 Å². The molecule has 0 fully saturated rings. The van der Waals surface area contributed by atoms with Gasteiger partial charge in [-0.15, -0.1) is 0 Å². The molecule has 0 amide bonds. The predicted octanol–water partition coefficient (Wildman–Crippen LogP) is 3.66. The van der Waals surface area contributed by atoms with E-state index in [1.54, 1.807) is 18.2 Å². The smallest absolute Gasteiger partial charge is 0.261 e. The fraction of sp³-hybridized carbons (Fsp3) is 0.125. The van der Waals surface area contributed by atoms with Crippen LogP contribution < -0.4 is 5.73 Å². The number of aromatic nitrogens is 2. The van der Waals surface area contributed by atoms with Gasteiger partial charge >= 0.3 is 0 Å². The summed E-state index contributed by atoms with van der Waals surface area (Å²) in [5, 5.41) is 4.61. The molecule has 1 aliphatic rings. The zero-order valence-electron chi connectivity index (χ0n) is 11.1. The first-order valence-corrected chi connectivity index (χ1v) is 7.07. The van der Waals surface area contributed by atoms with Crippen molar-refractivity contribution in [1.82, 2.24) is 10.1 Å². The largest absolute Gasteiger partial charge is 0.398 e. The van der Waals surface area contributed by atoms with Crippen LogP contribution in [0.25, 0.3) is 11.5 Å². The Morgan fingerprint density at radius 2 is 2.00 bits per heavy atom. The van der Waals surface area contributed by atoms with Crippen molar-refractivity contribution in [2.24, 2.45) is 0 Å². The number of nitrogen functional groups attached to an aromatic ring is 1. The van der Waals surface area contributed by atoms with Crippen LogP contribution in [0.2, 0.25) is 5.02 Å². The third-order valence-corrected chi connectivity index (χ3v) is 4.18. The van der Waals surface area contributed by atoms with E-state index in [-0.39, 0.29) is 5.92 Å². The summed E-state index contributed by atoms with van der Waals surface area (Å²) in [6.45, 7) is 0. The molecule has 0 radical (unpaired) electrons. The van der Waals surface area contributed by atoms with Gasteiger partial charge in [0.2, 0.25) is 0 Å². The second-order valence-electron chi connectivity index (χ2n) is 5.12. The van der Waals surface area contributed by atoms with E-state index < -0.39 is 0 Å². The SMILES string of the molecule is Nc1cccc(Cl)c1-c1nc(C2Cc3ccccc32)no1. The number of rotatable bonds is 2. The van der Waals surface area contributed by atoms with Gasteiger partial charge in [-0.2, -0.15) is 4.98 Å². The number of anilines is 1. The van der Waals surface area contributed by atoms with Gasteiger partial charge in [0, 0.05) is 5.69 Å². The highest BCUT2D eigenvalue weighted by Crippen LogP contribution is 2.40. The standard InChI is InChI=1S/C16H12ClN3O/c17-12-6-3-7-13(18)14(12)16-19-15(20-21-16)11-8-9-4-1-2-5-10(9)11/h1-7,11H,8,18H2. The van der Waals surface area contributed by atoms with Crippen LogP contribution in [0.3, 0.4) is 0 Å². The summed E-state index contributed by atoms with van der Waals surface area (Å²) >= 11 is 6.17. The zero-order chi connectivity index (χ0) is 14.4. The van der Waals surface area contributed by atoms with Crippen molar-refractivity contribution in [3.05, 3.63) is 64.4 Å². The van der Waals surface area contributed by atoms with Crippen molar-refractivity contribution >= 4 is 17.3 Å². The first kappa shape index (κ1) is 12.4. The van der Waals surface area contributed by atoms with E-state index in [2.05, 4.69) is 22.3 Å². The van der Waals surface area contributed by atoms with Gasteiger partial charge in [0.05, 0.1) is 16.5 Å². The topological polar surface area (TPSA) is 64.9 Å². The highest BCUT2D eigenvalue weighted by Gasteiger charge is 2.31. The summed E-state index contributed by atoms with van der Waals surface area (Å²) in [6.07, 6.45) is 0.938. The van der Waals surface area contributed by atoms with Gasteiger partial charge in [-0.05, 0) is 29.7 Å². The molecular weight excluding hydrogens is 286 g/mol. The maximum absolute atomic E-state index is 6.17. The molecule has 1 aromatic heterocycles. The lowest BCUT2D eigenvalue weighted by Crippen LogP contribution is -2.19. The highest BCUT2D eigenvalue weighted by molar-refractivity contribution is 6.33. The molecule has 3 aromatic rings. The summed E-state index contributed by atoms with van der Waals surface area (Å²) in [7, 11) is 0. The molecule has 0 bridgehead atoms. The molecule has 1 unspecified atom stereocenters. The third kappa shape index (κ3) is 1.91. The van der Waals surface area contributed by atoms with Crippen LogP contribution in [-0.4, -0.2) is 10.1 Å². The number of hydrogen-bond donors (Lipinski definition) is 1. The Balaban J connectivity index is 1.72. The van der Waals surface area contributed by atoms with Crippen LogP contribution in [0.4, 0.5) is 5.69 Å². The minimum atomic E-state index is 0.197. The first-order chi connectivity index (χ1) is 10.2. The molecule has 5 heteroatoms. The highest BCUT2D eigenvalue weighted by atomic mass is 35.5. The molecule has 21 heavy (non-hydrogen) atoms. The van der Waals surface area contributed by atoms with Crippen LogP contribution in [0.5, 0.6) is 0 Å². The van der Waals surface area contributed by atoms with Gasteiger partial charge in [-0.25, -0.2) is 0 Å². The number of benzene rings is 2. The number of fused-ring (bicyclic) bond motifs is 1. The van der Waals surface area contributed by atoms with Crippen molar-refractivity contribution in [3.8, 4) is 11.5 Å². The normalized spacial score (nSPS) is 16.3. The van der Waals surface area contributed by atoms with Gasteiger partial charge in [0.25, 0.3) is 5.89 Å². The van der Waals surface area contributed by atoms with Gasteiger partial charge < -0.3 is 10.3 Å². The number of nitrogens with zero attached hydrogens (tertiary/aromatic N) is 2. The van der Waals surface area contributed by atoms with Crippen molar-refractivity contribution in [1.29, 1.82) is 0 Å². The molecule has 1 heterocycles. The molecule has 2 aromatic carbocycles. The van der Waals surface area contributed by atoms with Crippen LogP contribution >= 0.6 is 11.6 Å². The molecule has 0 aliphatic heterocycles. The zero-order valence-corrected chi connectivity index (χ0v) is 11.8. The molecule has 0 spiro atoms.